The van der Waals surface area contributed by atoms with Gasteiger partial charge in [-0.2, -0.15) is 11.8 Å². The van der Waals surface area contributed by atoms with Crippen LogP contribution in [0.3, 0.4) is 0 Å². The molecular weight excluding hydrogens is 288 g/mol. The van der Waals surface area contributed by atoms with Crippen LogP contribution in [-0.2, 0) is 0 Å². The number of hydrogen-bond acceptors (Lipinski definition) is 2. The number of fused-ring (bicyclic) bond motifs is 1. The molecule has 2 nitrogen and oxygen atoms in total. The Balaban J connectivity index is 2.43. The standard InChI is InChI=1S/C16H23ClN2S/c1-5-20-10-9-12(3)19-14-8-6-7-11(2)15(14)18-16(19)13(4)17/h6-8,12-13H,5,9-10H2,1-4H3. The van der Waals surface area contributed by atoms with Crippen molar-refractivity contribution in [2.75, 3.05) is 11.5 Å². The minimum absolute atomic E-state index is 0.0666. The fourth-order valence-corrected chi connectivity index (χ4v) is 3.50. The van der Waals surface area contributed by atoms with E-state index in [0.717, 1.165) is 17.8 Å². The molecule has 0 radical (unpaired) electrons. The molecule has 0 saturated carbocycles. The van der Waals surface area contributed by atoms with Crippen LogP contribution in [0.25, 0.3) is 11.0 Å². The van der Waals surface area contributed by atoms with Gasteiger partial charge in [-0.25, -0.2) is 4.98 Å². The molecule has 2 rings (SSSR count). The van der Waals surface area contributed by atoms with Gasteiger partial charge in [0, 0.05) is 6.04 Å². The Labute approximate surface area is 130 Å². The van der Waals surface area contributed by atoms with E-state index < -0.39 is 0 Å². The van der Waals surface area contributed by atoms with Crippen molar-refractivity contribution in [3.05, 3.63) is 29.6 Å². The predicted molar refractivity (Wildman–Crippen MR) is 91.1 cm³/mol. The Hall–Kier alpha value is -0.670. The van der Waals surface area contributed by atoms with Crippen LogP contribution in [0.5, 0.6) is 0 Å². The minimum Gasteiger partial charge on any atom is -0.324 e. The highest BCUT2D eigenvalue weighted by Crippen LogP contribution is 2.31. The molecule has 1 aromatic carbocycles. The van der Waals surface area contributed by atoms with Gasteiger partial charge in [-0.1, -0.05) is 19.1 Å². The second-order valence-corrected chi connectivity index (χ2v) is 7.28. The zero-order valence-corrected chi connectivity index (χ0v) is 14.3. The molecule has 2 unspecified atom stereocenters. The van der Waals surface area contributed by atoms with Crippen molar-refractivity contribution in [2.24, 2.45) is 0 Å². The first-order valence-electron chi connectivity index (χ1n) is 7.25. The summed E-state index contributed by atoms with van der Waals surface area (Å²) in [6.45, 7) is 8.59. The van der Waals surface area contributed by atoms with Crippen molar-refractivity contribution in [3.63, 3.8) is 0 Å². The first-order valence-corrected chi connectivity index (χ1v) is 8.84. The zero-order valence-electron chi connectivity index (χ0n) is 12.7. The van der Waals surface area contributed by atoms with Gasteiger partial charge in [-0.15, -0.1) is 11.6 Å². The molecule has 0 aliphatic carbocycles. The lowest BCUT2D eigenvalue weighted by molar-refractivity contribution is 0.525. The maximum atomic E-state index is 6.35. The summed E-state index contributed by atoms with van der Waals surface area (Å²) in [5, 5.41) is -0.0666. The Morgan fingerprint density at radius 1 is 1.35 bits per heavy atom. The smallest absolute Gasteiger partial charge is 0.127 e. The van der Waals surface area contributed by atoms with E-state index in [9.17, 15) is 0 Å². The Morgan fingerprint density at radius 3 is 2.75 bits per heavy atom. The van der Waals surface area contributed by atoms with Crippen LogP contribution in [-0.4, -0.2) is 21.1 Å². The monoisotopic (exact) mass is 310 g/mol. The van der Waals surface area contributed by atoms with Crippen LogP contribution in [0.2, 0.25) is 0 Å². The molecule has 0 N–H and O–H groups in total. The van der Waals surface area contributed by atoms with Crippen molar-refractivity contribution < 1.29 is 0 Å². The molecule has 0 saturated heterocycles. The highest BCUT2D eigenvalue weighted by Gasteiger charge is 2.19. The number of imidazole rings is 1. The molecule has 0 amide bonds. The van der Waals surface area contributed by atoms with Crippen LogP contribution in [0.1, 0.15) is 50.0 Å². The second-order valence-electron chi connectivity index (χ2n) is 5.23. The molecule has 0 aliphatic rings. The van der Waals surface area contributed by atoms with E-state index in [2.05, 4.69) is 43.5 Å². The van der Waals surface area contributed by atoms with Gasteiger partial charge in [0.25, 0.3) is 0 Å². The summed E-state index contributed by atoms with van der Waals surface area (Å²) in [5.41, 5.74) is 3.52. The summed E-state index contributed by atoms with van der Waals surface area (Å²) in [6.07, 6.45) is 1.15. The van der Waals surface area contributed by atoms with Gasteiger partial charge < -0.3 is 4.57 Å². The van der Waals surface area contributed by atoms with Crippen molar-refractivity contribution in [2.45, 2.75) is 45.5 Å². The fraction of sp³-hybridized carbons (Fsp3) is 0.562. The number of rotatable bonds is 6. The quantitative estimate of drug-likeness (QED) is 0.529. The maximum absolute atomic E-state index is 6.35. The van der Waals surface area contributed by atoms with Crippen LogP contribution >= 0.6 is 23.4 Å². The van der Waals surface area contributed by atoms with Crippen molar-refractivity contribution >= 4 is 34.4 Å². The van der Waals surface area contributed by atoms with E-state index in [4.69, 9.17) is 16.6 Å². The van der Waals surface area contributed by atoms with Crippen LogP contribution in [0.15, 0.2) is 18.2 Å². The number of benzene rings is 1. The lowest BCUT2D eigenvalue weighted by Gasteiger charge is -2.18. The molecule has 1 heterocycles. The molecule has 0 bridgehead atoms. The van der Waals surface area contributed by atoms with Gasteiger partial charge in [0.1, 0.15) is 5.82 Å². The molecule has 0 aliphatic heterocycles. The largest absolute Gasteiger partial charge is 0.324 e. The third-order valence-electron chi connectivity index (χ3n) is 3.63. The average Bonchev–Trinajstić information content (AvgIpc) is 2.80. The SMILES string of the molecule is CCSCCC(C)n1c(C(C)Cl)nc2c(C)cccc21. The third kappa shape index (κ3) is 3.15. The summed E-state index contributed by atoms with van der Waals surface area (Å²) in [4.78, 5) is 4.79. The number of alkyl halides is 1. The van der Waals surface area contributed by atoms with E-state index in [0.29, 0.717) is 6.04 Å². The zero-order chi connectivity index (χ0) is 14.7. The predicted octanol–water partition coefficient (Wildman–Crippen LogP) is 5.35. The van der Waals surface area contributed by atoms with Gasteiger partial charge in [0.15, 0.2) is 0 Å². The molecule has 1 aromatic heterocycles. The number of para-hydroxylation sites is 1. The molecule has 0 spiro atoms. The second kappa shape index (κ2) is 6.86. The number of halogens is 1. The van der Waals surface area contributed by atoms with Gasteiger partial charge in [-0.3, -0.25) is 0 Å². The summed E-state index contributed by atoms with van der Waals surface area (Å²) in [7, 11) is 0. The summed E-state index contributed by atoms with van der Waals surface area (Å²) in [6, 6.07) is 6.80. The maximum Gasteiger partial charge on any atom is 0.127 e. The Kier molecular flexibility index (Phi) is 5.39. The first-order chi connectivity index (χ1) is 9.56. The summed E-state index contributed by atoms with van der Waals surface area (Å²) >= 11 is 8.34. The minimum atomic E-state index is -0.0666. The van der Waals surface area contributed by atoms with E-state index in [1.807, 2.05) is 18.7 Å². The van der Waals surface area contributed by atoms with E-state index >= 15 is 0 Å². The molecular formula is C16H23ClN2S. The van der Waals surface area contributed by atoms with E-state index in [1.54, 1.807) is 0 Å². The Bertz CT molecular complexity index is 577. The lowest BCUT2D eigenvalue weighted by atomic mass is 10.2. The van der Waals surface area contributed by atoms with Gasteiger partial charge in [-0.05, 0) is 50.3 Å². The molecule has 4 heteroatoms. The van der Waals surface area contributed by atoms with Gasteiger partial charge >= 0.3 is 0 Å². The molecule has 20 heavy (non-hydrogen) atoms. The highest BCUT2D eigenvalue weighted by atomic mass is 35.5. The number of aryl methyl sites for hydroxylation is 1. The van der Waals surface area contributed by atoms with Crippen molar-refractivity contribution in [1.29, 1.82) is 0 Å². The molecule has 2 aromatic rings. The van der Waals surface area contributed by atoms with E-state index in [1.165, 1.54) is 22.6 Å². The van der Waals surface area contributed by atoms with Crippen molar-refractivity contribution in [1.82, 2.24) is 9.55 Å². The number of nitrogens with zero attached hydrogens (tertiary/aromatic N) is 2. The number of aromatic nitrogens is 2. The van der Waals surface area contributed by atoms with Crippen molar-refractivity contribution in [3.8, 4) is 0 Å². The van der Waals surface area contributed by atoms with Crippen LogP contribution in [0.4, 0.5) is 0 Å². The normalized spacial score (nSPS) is 14.7. The van der Waals surface area contributed by atoms with Crippen LogP contribution < -0.4 is 0 Å². The highest BCUT2D eigenvalue weighted by molar-refractivity contribution is 7.99. The van der Waals surface area contributed by atoms with Crippen LogP contribution in [0, 0.1) is 6.92 Å². The Morgan fingerprint density at radius 2 is 2.10 bits per heavy atom. The fourth-order valence-electron chi connectivity index (χ4n) is 2.55. The summed E-state index contributed by atoms with van der Waals surface area (Å²) < 4.78 is 2.33. The molecule has 0 fully saturated rings. The topological polar surface area (TPSA) is 17.8 Å². The summed E-state index contributed by atoms with van der Waals surface area (Å²) in [5.74, 6) is 3.35. The number of thioether (sulfide) groups is 1. The average molecular weight is 311 g/mol. The molecule has 110 valence electrons. The third-order valence-corrected chi connectivity index (χ3v) is 4.76. The molecule has 2 atom stereocenters. The number of hydrogen-bond donors (Lipinski definition) is 0. The van der Waals surface area contributed by atoms with Gasteiger partial charge in [0.2, 0.25) is 0 Å². The van der Waals surface area contributed by atoms with E-state index in [-0.39, 0.29) is 5.38 Å². The van der Waals surface area contributed by atoms with Gasteiger partial charge in [0.05, 0.1) is 16.4 Å². The lowest BCUT2D eigenvalue weighted by Crippen LogP contribution is -2.11. The first kappa shape index (κ1) is 15.7.